The maximum atomic E-state index is 12.5. The third-order valence-electron chi connectivity index (χ3n) is 6.33. The smallest absolute Gasteiger partial charge is 0.317 e. The van der Waals surface area contributed by atoms with E-state index in [0.717, 1.165) is 25.0 Å². The standard InChI is InChI=1S/C26H36O3/c1-8-19(4)28-22-15-11-20(12-16-22)25(5,6)21-13-17-23(18-14-21)29-24(27)26(7,9-2)10-3/h11-19H,8-10H2,1-7H3. The molecule has 2 rings (SSSR count). The summed E-state index contributed by atoms with van der Waals surface area (Å²) in [5.41, 5.74) is 1.78. The molecule has 2 aromatic rings. The summed E-state index contributed by atoms with van der Waals surface area (Å²) in [4.78, 5) is 12.5. The van der Waals surface area contributed by atoms with Gasteiger partial charge in [0.2, 0.25) is 0 Å². The Morgan fingerprint density at radius 2 is 1.28 bits per heavy atom. The van der Waals surface area contributed by atoms with Gasteiger partial charge in [-0.2, -0.15) is 0 Å². The molecule has 0 aliphatic heterocycles. The fraction of sp³-hybridized carbons (Fsp3) is 0.500. The van der Waals surface area contributed by atoms with E-state index in [4.69, 9.17) is 9.47 Å². The molecule has 1 unspecified atom stereocenters. The molecule has 0 saturated heterocycles. The largest absolute Gasteiger partial charge is 0.491 e. The summed E-state index contributed by atoms with van der Waals surface area (Å²) in [5, 5.41) is 0. The molecular weight excluding hydrogens is 360 g/mol. The number of hydrogen-bond donors (Lipinski definition) is 0. The quantitative estimate of drug-likeness (QED) is 0.341. The third kappa shape index (κ3) is 5.41. The Kier molecular flexibility index (Phi) is 7.51. The van der Waals surface area contributed by atoms with Crippen molar-refractivity contribution in [3.63, 3.8) is 0 Å². The van der Waals surface area contributed by atoms with Crippen molar-refractivity contribution in [2.75, 3.05) is 0 Å². The van der Waals surface area contributed by atoms with Gasteiger partial charge in [0.1, 0.15) is 11.5 Å². The topological polar surface area (TPSA) is 35.5 Å². The van der Waals surface area contributed by atoms with Gasteiger partial charge in [-0.3, -0.25) is 4.79 Å². The Morgan fingerprint density at radius 3 is 1.69 bits per heavy atom. The van der Waals surface area contributed by atoms with E-state index in [1.165, 1.54) is 11.1 Å². The lowest BCUT2D eigenvalue weighted by atomic mass is 9.78. The molecule has 0 aromatic heterocycles. The van der Waals surface area contributed by atoms with E-state index in [1.807, 2.05) is 57.2 Å². The molecule has 0 heterocycles. The predicted octanol–water partition coefficient (Wildman–Crippen LogP) is 6.92. The molecule has 0 bridgehead atoms. The van der Waals surface area contributed by atoms with Gasteiger partial charge in [-0.1, -0.05) is 58.9 Å². The van der Waals surface area contributed by atoms with Gasteiger partial charge in [0.05, 0.1) is 11.5 Å². The molecule has 158 valence electrons. The van der Waals surface area contributed by atoms with E-state index in [0.29, 0.717) is 5.75 Å². The van der Waals surface area contributed by atoms with Crippen molar-refractivity contribution in [1.29, 1.82) is 0 Å². The Bertz CT molecular complexity index is 784. The van der Waals surface area contributed by atoms with E-state index in [2.05, 4.69) is 39.8 Å². The molecule has 3 nitrogen and oxygen atoms in total. The highest BCUT2D eigenvalue weighted by Crippen LogP contribution is 2.34. The van der Waals surface area contributed by atoms with Crippen LogP contribution in [0.4, 0.5) is 0 Å². The Balaban J connectivity index is 2.14. The molecule has 0 radical (unpaired) electrons. The zero-order chi connectivity index (χ0) is 21.7. The van der Waals surface area contributed by atoms with Gasteiger partial charge in [-0.15, -0.1) is 0 Å². The zero-order valence-electron chi connectivity index (χ0n) is 19.0. The van der Waals surface area contributed by atoms with Crippen LogP contribution in [0.1, 0.15) is 78.9 Å². The minimum Gasteiger partial charge on any atom is -0.491 e. The highest BCUT2D eigenvalue weighted by atomic mass is 16.5. The first-order valence-corrected chi connectivity index (χ1v) is 10.8. The number of ether oxygens (including phenoxy) is 2. The van der Waals surface area contributed by atoms with Crippen LogP contribution in [0.15, 0.2) is 48.5 Å². The summed E-state index contributed by atoms with van der Waals surface area (Å²) in [7, 11) is 0. The SMILES string of the molecule is CCC(C)Oc1ccc(C(C)(C)c2ccc(OC(=O)C(C)(CC)CC)cc2)cc1. The van der Waals surface area contributed by atoms with Crippen LogP contribution in [-0.4, -0.2) is 12.1 Å². The van der Waals surface area contributed by atoms with Crippen molar-refractivity contribution in [3.8, 4) is 11.5 Å². The van der Waals surface area contributed by atoms with Crippen LogP contribution in [0.5, 0.6) is 11.5 Å². The van der Waals surface area contributed by atoms with E-state index in [-0.39, 0.29) is 17.5 Å². The Morgan fingerprint density at radius 1 is 0.828 bits per heavy atom. The van der Waals surface area contributed by atoms with Crippen LogP contribution >= 0.6 is 0 Å². The molecule has 2 aromatic carbocycles. The van der Waals surface area contributed by atoms with Crippen LogP contribution in [0, 0.1) is 5.41 Å². The van der Waals surface area contributed by atoms with Gasteiger partial charge >= 0.3 is 5.97 Å². The maximum Gasteiger partial charge on any atom is 0.317 e. The molecular formula is C26H36O3. The van der Waals surface area contributed by atoms with Crippen LogP contribution in [-0.2, 0) is 10.2 Å². The summed E-state index contributed by atoms with van der Waals surface area (Å²) in [6.07, 6.45) is 2.74. The van der Waals surface area contributed by atoms with Crippen molar-refractivity contribution in [2.45, 2.75) is 79.2 Å². The second kappa shape index (κ2) is 9.47. The number of benzene rings is 2. The number of rotatable bonds is 9. The fourth-order valence-electron chi connectivity index (χ4n) is 3.14. The predicted molar refractivity (Wildman–Crippen MR) is 120 cm³/mol. The molecule has 0 N–H and O–H groups in total. The van der Waals surface area contributed by atoms with E-state index in [1.54, 1.807) is 0 Å². The zero-order valence-corrected chi connectivity index (χ0v) is 19.0. The minimum atomic E-state index is -0.433. The van der Waals surface area contributed by atoms with Crippen LogP contribution in [0.3, 0.4) is 0 Å². The summed E-state index contributed by atoms with van der Waals surface area (Å²) in [6.45, 7) is 14.6. The molecule has 0 aliphatic carbocycles. The first-order chi connectivity index (χ1) is 13.7. The number of esters is 1. The molecule has 3 heteroatoms. The summed E-state index contributed by atoms with van der Waals surface area (Å²) in [5.74, 6) is 1.34. The van der Waals surface area contributed by atoms with Crippen LogP contribution < -0.4 is 9.47 Å². The van der Waals surface area contributed by atoms with Crippen molar-refractivity contribution < 1.29 is 14.3 Å². The molecule has 1 atom stereocenters. The molecule has 0 aliphatic rings. The van der Waals surface area contributed by atoms with E-state index < -0.39 is 5.41 Å². The second-order valence-corrected chi connectivity index (χ2v) is 8.67. The Labute approximate surface area is 176 Å². The Hall–Kier alpha value is -2.29. The molecule has 0 fully saturated rings. The van der Waals surface area contributed by atoms with Gasteiger partial charge in [-0.25, -0.2) is 0 Å². The first kappa shape index (κ1) is 23.0. The maximum absolute atomic E-state index is 12.5. The van der Waals surface area contributed by atoms with Gasteiger partial charge in [0, 0.05) is 5.41 Å². The lowest BCUT2D eigenvalue weighted by Crippen LogP contribution is -2.30. The second-order valence-electron chi connectivity index (χ2n) is 8.67. The summed E-state index contributed by atoms with van der Waals surface area (Å²) >= 11 is 0. The van der Waals surface area contributed by atoms with Crippen molar-refractivity contribution in [2.24, 2.45) is 5.41 Å². The lowest BCUT2D eigenvalue weighted by Gasteiger charge is -2.27. The van der Waals surface area contributed by atoms with Gasteiger partial charge in [-0.05, 0) is 68.5 Å². The van der Waals surface area contributed by atoms with Crippen molar-refractivity contribution in [1.82, 2.24) is 0 Å². The highest BCUT2D eigenvalue weighted by molar-refractivity contribution is 5.78. The molecule has 29 heavy (non-hydrogen) atoms. The average Bonchev–Trinajstić information content (AvgIpc) is 2.73. The fourth-order valence-corrected chi connectivity index (χ4v) is 3.14. The number of hydrogen-bond acceptors (Lipinski definition) is 3. The average molecular weight is 397 g/mol. The molecule has 0 amide bonds. The van der Waals surface area contributed by atoms with Crippen LogP contribution in [0.2, 0.25) is 0 Å². The van der Waals surface area contributed by atoms with E-state index in [9.17, 15) is 4.79 Å². The third-order valence-corrected chi connectivity index (χ3v) is 6.33. The minimum absolute atomic E-state index is 0.161. The van der Waals surface area contributed by atoms with Gasteiger partial charge in [0.25, 0.3) is 0 Å². The van der Waals surface area contributed by atoms with E-state index >= 15 is 0 Å². The summed E-state index contributed by atoms with van der Waals surface area (Å²) in [6, 6.07) is 16.2. The molecule has 0 spiro atoms. The molecule has 0 saturated carbocycles. The van der Waals surface area contributed by atoms with Crippen LogP contribution in [0.25, 0.3) is 0 Å². The summed E-state index contributed by atoms with van der Waals surface area (Å²) < 4.78 is 11.5. The number of carbonyl (C=O) groups is 1. The monoisotopic (exact) mass is 396 g/mol. The first-order valence-electron chi connectivity index (χ1n) is 10.8. The van der Waals surface area contributed by atoms with Gasteiger partial charge in [0.15, 0.2) is 0 Å². The lowest BCUT2D eigenvalue weighted by molar-refractivity contribution is -0.145. The van der Waals surface area contributed by atoms with Crippen molar-refractivity contribution >= 4 is 5.97 Å². The normalized spacial score (nSPS) is 13.1. The highest BCUT2D eigenvalue weighted by Gasteiger charge is 2.31. The van der Waals surface area contributed by atoms with Gasteiger partial charge < -0.3 is 9.47 Å². The van der Waals surface area contributed by atoms with Crippen molar-refractivity contribution in [3.05, 3.63) is 59.7 Å². The number of carbonyl (C=O) groups excluding carboxylic acids is 1.